The minimum atomic E-state index is -0.529. The largest absolute Gasteiger partial charge is 0.465 e. The van der Waals surface area contributed by atoms with Gasteiger partial charge in [-0.05, 0) is 47.5 Å². The fourth-order valence-electron chi connectivity index (χ4n) is 0.934. The zero-order valence-electron chi connectivity index (χ0n) is 10.2. The van der Waals surface area contributed by atoms with E-state index in [1.54, 1.807) is 24.3 Å². The van der Waals surface area contributed by atoms with Crippen molar-refractivity contribution in [2.24, 2.45) is 0 Å². The van der Waals surface area contributed by atoms with Gasteiger partial charge in [0.1, 0.15) is 0 Å². The first-order valence-corrected chi connectivity index (χ1v) is 5.93. The standard InChI is InChI=1S/C8H9NO2.C4H4Cl2O2/c1-11-8(10)6-2-4-7(9)5-3-6;5-3(7)1-2-4(6)8/h2-5H,9H2,1H3;1-2H2. The van der Waals surface area contributed by atoms with Crippen LogP contribution in [-0.4, -0.2) is 23.6 Å². The van der Waals surface area contributed by atoms with Crippen LogP contribution in [0.2, 0.25) is 0 Å². The lowest BCUT2D eigenvalue weighted by molar-refractivity contribution is -0.116. The molecule has 0 unspecified atom stereocenters. The SMILES string of the molecule is COC(=O)c1ccc(N)cc1.O=C(Cl)CCC(=O)Cl. The molecule has 0 fully saturated rings. The van der Waals surface area contributed by atoms with Crippen LogP contribution < -0.4 is 5.73 Å². The van der Waals surface area contributed by atoms with Crippen molar-refractivity contribution in [1.82, 2.24) is 0 Å². The Morgan fingerprint density at radius 2 is 1.47 bits per heavy atom. The zero-order valence-corrected chi connectivity index (χ0v) is 11.7. The Hall–Kier alpha value is -1.59. The van der Waals surface area contributed by atoms with Crippen LogP contribution in [0.15, 0.2) is 24.3 Å². The summed E-state index contributed by atoms with van der Waals surface area (Å²) in [4.78, 5) is 30.7. The summed E-state index contributed by atoms with van der Waals surface area (Å²) >= 11 is 9.74. The summed E-state index contributed by atoms with van der Waals surface area (Å²) in [6.07, 6.45) is 0.0633. The Morgan fingerprint density at radius 3 is 1.79 bits per heavy atom. The molecular formula is C12H13Cl2NO4. The molecule has 19 heavy (non-hydrogen) atoms. The van der Waals surface area contributed by atoms with Gasteiger partial charge in [0.2, 0.25) is 10.5 Å². The lowest BCUT2D eigenvalue weighted by Crippen LogP contribution is -2.00. The molecule has 0 saturated heterocycles. The molecule has 0 bridgehead atoms. The van der Waals surface area contributed by atoms with E-state index in [0.717, 1.165) is 0 Å². The van der Waals surface area contributed by atoms with Crippen molar-refractivity contribution < 1.29 is 19.1 Å². The van der Waals surface area contributed by atoms with Gasteiger partial charge in [0.25, 0.3) is 0 Å². The molecule has 0 radical (unpaired) electrons. The van der Waals surface area contributed by atoms with Crippen molar-refractivity contribution in [2.45, 2.75) is 12.8 Å². The molecule has 1 aromatic rings. The van der Waals surface area contributed by atoms with E-state index in [1.807, 2.05) is 0 Å². The molecule has 0 spiro atoms. The highest BCUT2D eigenvalue weighted by atomic mass is 35.5. The fraction of sp³-hybridized carbons (Fsp3) is 0.250. The fourth-order valence-corrected chi connectivity index (χ4v) is 1.12. The number of nitrogen functional groups attached to an aromatic ring is 1. The van der Waals surface area contributed by atoms with Crippen LogP contribution in [0.5, 0.6) is 0 Å². The summed E-state index contributed by atoms with van der Waals surface area (Å²) < 4.78 is 4.50. The van der Waals surface area contributed by atoms with Crippen molar-refractivity contribution in [3.8, 4) is 0 Å². The number of halogens is 2. The van der Waals surface area contributed by atoms with E-state index < -0.39 is 10.5 Å². The molecule has 0 heterocycles. The van der Waals surface area contributed by atoms with E-state index in [0.29, 0.717) is 11.3 Å². The first-order valence-electron chi connectivity index (χ1n) is 5.17. The number of anilines is 1. The maximum Gasteiger partial charge on any atom is 0.337 e. The average Bonchev–Trinajstić information content (AvgIpc) is 2.37. The van der Waals surface area contributed by atoms with Crippen LogP contribution in [0.1, 0.15) is 23.2 Å². The van der Waals surface area contributed by atoms with Crippen LogP contribution in [0.4, 0.5) is 5.69 Å². The Kier molecular flexibility index (Phi) is 8.57. The van der Waals surface area contributed by atoms with Crippen LogP contribution in [0, 0.1) is 0 Å². The lowest BCUT2D eigenvalue weighted by Gasteiger charge is -1.97. The number of hydrogen-bond acceptors (Lipinski definition) is 5. The molecule has 0 atom stereocenters. The molecule has 0 aliphatic heterocycles. The van der Waals surface area contributed by atoms with Crippen molar-refractivity contribution >= 4 is 45.3 Å². The number of rotatable bonds is 4. The molecule has 1 rings (SSSR count). The summed E-state index contributed by atoms with van der Waals surface area (Å²) in [5.41, 5.74) is 6.57. The van der Waals surface area contributed by atoms with Gasteiger partial charge in [-0.15, -0.1) is 0 Å². The predicted octanol–water partition coefficient (Wildman–Crippen LogP) is 2.35. The van der Waals surface area contributed by atoms with E-state index in [1.165, 1.54) is 7.11 Å². The van der Waals surface area contributed by atoms with E-state index in [9.17, 15) is 14.4 Å². The molecule has 5 nitrogen and oxygen atoms in total. The third-order valence-electron chi connectivity index (χ3n) is 1.85. The molecule has 1 aromatic carbocycles. The predicted molar refractivity (Wildman–Crippen MR) is 73.1 cm³/mol. The lowest BCUT2D eigenvalue weighted by atomic mass is 10.2. The van der Waals surface area contributed by atoms with Gasteiger partial charge in [-0.2, -0.15) is 0 Å². The van der Waals surface area contributed by atoms with Gasteiger partial charge in [-0.3, -0.25) is 9.59 Å². The summed E-state index contributed by atoms with van der Waals surface area (Å²) in [7, 11) is 1.35. The highest BCUT2D eigenvalue weighted by Gasteiger charge is 2.02. The number of benzene rings is 1. The van der Waals surface area contributed by atoms with Crippen LogP contribution in [0.25, 0.3) is 0 Å². The van der Waals surface area contributed by atoms with Crippen LogP contribution >= 0.6 is 23.2 Å². The Balaban J connectivity index is 0.000000362. The van der Waals surface area contributed by atoms with Gasteiger partial charge in [0, 0.05) is 18.5 Å². The number of methoxy groups -OCH3 is 1. The number of esters is 1. The first-order chi connectivity index (χ1) is 8.86. The van der Waals surface area contributed by atoms with Crippen molar-refractivity contribution in [3.05, 3.63) is 29.8 Å². The summed E-state index contributed by atoms with van der Waals surface area (Å²) in [5, 5.41) is -1.06. The highest BCUT2D eigenvalue weighted by molar-refractivity contribution is 6.65. The van der Waals surface area contributed by atoms with Crippen LogP contribution in [0.3, 0.4) is 0 Å². The Labute approximate surface area is 120 Å². The first kappa shape index (κ1) is 17.4. The number of carbonyl (C=O) groups is 3. The summed E-state index contributed by atoms with van der Waals surface area (Å²) in [5.74, 6) is -0.343. The third kappa shape index (κ3) is 9.04. The molecule has 104 valence electrons. The van der Waals surface area contributed by atoms with E-state index in [-0.39, 0.29) is 18.8 Å². The molecule has 2 N–H and O–H groups in total. The van der Waals surface area contributed by atoms with Crippen molar-refractivity contribution in [2.75, 3.05) is 12.8 Å². The number of hydrogen-bond donors (Lipinski definition) is 1. The van der Waals surface area contributed by atoms with Gasteiger partial charge in [0.15, 0.2) is 0 Å². The Morgan fingerprint density at radius 1 is 1.05 bits per heavy atom. The summed E-state index contributed by atoms with van der Waals surface area (Å²) in [6.45, 7) is 0. The van der Waals surface area contributed by atoms with E-state index in [2.05, 4.69) is 4.74 Å². The van der Waals surface area contributed by atoms with E-state index >= 15 is 0 Å². The number of ether oxygens (including phenoxy) is 1. The van der Waals surface area contributed by atoms with Crippen molar-refractivity contribution in [3.63, 3.8) is 0 Å². The molecule has 0 aliphatic carbocycles. The van der Waals surface area contributed by atoms with Gasteiger partial charge >= 0.3 is 5.97 Å². The highest BCUT2D eigenvalue weighted by Crippen LogP contribution is 2.05. The van der Waals surface area contributed by atoms with Crippen LogP contribution in [-0.2, 0) is 14.3 Å². The smallest absolute Gasteiger partial charge is 0.337 e. The molecule has 0 aliphatic rings. The van der Waals surface area contributed by atoms with Gasteiger partial charge in [-0.1, -0.05) is 0 Å². The van der Waals surface area contributed by atoms with Gasteiger partial charge in [0.05, 0.1) is 12.7 Å². The summed E-state index contributed by atoms with van der Waals surface area (Å²) in [6, 6.07) is 6.57. The quantitative estimate of drug-likeness (QED) is 0.524. The Bertz CT molecular complexity index is 432. The maximum atomic E-state index is 10.9. The second-order valence-electron chi connectivity index (χ2n) is 3.32. The average molecular weight is 306 g/mol. The molecule has 0 amide bonds. The second-order valence-corrected chi connectivity index (χ2v) is 4.17. The molecule has 0 saturated carbocycles. The zero-order chi connectivity index (χ0) is 14.8. The topological polar surface area (TPSA) is 86.5 Å². The normalized spacial score (nSPS) is 9.00. The molecule has 0 aromatic heterocycles. The molecular weight excluding hydrogens is 293 g/mol. The van der Waals surface area contributed by atoms with Crippen molar-refractivity contribution in [1.29, 1.82) is 0 Å². The second kappa shape index (κ2) is 9.35. The number of nitrogens with two attached hydrogens (primary N) is 1. The number of carbonyl (C=O) groups excluding carboxylic acids is 3. The molecule has 7 heteroatoms. The minimum absolute atomic E-state index is 0.0316. The monoisotopic (exact) mass is 305 g/mol. The van der Waals surface area contributed by atoms with Gasteiger partial charge < -0.3 is 10.5 Å². The van der Waals surface area contributed by atoms with Gasteiger partial charge in [-0.25, -0.2) is 4.79 Å². The van der Waals surface area contributed by atoms with E-state index in [4.69, 9.17) is 28.9 Å². The minimum Gasteiger partial charge on any atom is -0.465 e. The maximum absolute atomic E-state index is 10.9. The third-order valence-corrected chi connectivity index (χ3v) is 2.23.